The van der Waals surface area contributed by atoms with E-state index in [0.717, 1.165) is 35.4 Å². The van der Waals surface area contributed by atoms with E-state index in [1.54, 1.807) is 6.07 Å². The Hall–Kier alpha value is -3.29. The lowest BCUT2D eigenvalue weighted by molar-refractivity contribution is -0.274. The second-order valence-electron chi connectivity index (χ2n) is 6.12. The van der Waals surface area contributed by atoms with Crippen molar-refractivity contribution in [2.45, 2.75) is 26.8 Å². The quantitative estimate of drug-likeness (QED) is 0.477. The number of fused-ring (bicyclic) bond motifs is 1. The molecule has 0 aliphatic carbocycles. The van der Waals surface area contributed by atoms with Gasteiger partial charge >= 0.3 is 18.0 Å². The lowest BCUT2D eigenvalue weighted by Gasteiger charge is -2.11. The predicted molar refractivity (Wildman–Crippen MR) is 94.2 cm³/mol. The van der Waals surface area contributed by atoms with Crippen LogP contribution in [0.5, 0.6) is 5.75 Å². The molecule has 0 aliphatic rings. The van der Waals surface area contributed by atoms with Gasteiger partial charge in [-0.2, -0.15) is 0 Å². The first-order valence-corrected chi connectivity index (χ1v) is 8.20. The molecule has 0 atom stereocenters. The third-order valence-electron chi connectivity index (χ3n) is 4.20. The summed E-state index contributed by atoms with van der Waals surface area (Å²) in [6, 6.07) is 9.23. The van der Waals surface area contributed by atoms with Crippen LogP contribution >= 0.6 is 0 Å². The minimum absolute atomic E-state index is 0.0498. The minimum Gasteiger partial charge on any atom is -0.457 e. The molecule has 3 aromatic rings. The van der Waals surface area contributed by atoms with Gasteiger partial charge in [0.25, 0.3) is 0 Å². The number of benzene rings is 2. The topological polar surface area (TPSA) is 65.7 Å². The van der Waals surface area contributed by atoms with Crippen LogP contribution in [0.1, 0.15) is 27.0 Å². The maximum absolute atomic E-state index is 12.2. The number of halogens is 3. The molecule has 0 aliphatic heterocycles. The largest absolute Gasteiger partial charge is 0.573 e. The second-order valence-corrected chi connectivity index (χ2v) is 6.12. The molecule has 8 heteroatoms. The summed E-state index contributed by atoms with van der Waals surface area (Å²) >= 11 is 0. The van der Waals surface area contributed by atoms with Crippen molar-refractivity contribution in [2.24, 2.45) is 0 Å². The van der Waals surface area contributed by atoms with Crippen molar-refractivity contribution in [3.63, 3.8) is 0 Å². The van der Waals surface area contributed by atoms with E-state index in [4.69, 9.17) is 9.15 Å². The Morgan fingerprint density at radius 3 is 2.39 bits per heavy atom. The minimum atomic E-state index is -4.81. The molecule has 28 heavy (non-hydrogen) atoms. The summed E-state index contributed by atoms with van der Waals surface area (Å²) in [6.07, 6.45) is -4.81. The Morgan fingerprint density at radius 2 is 1.75 bits per heavy atom. The van der Waals surface area contributed by atoms with Gasteiger partial charge in [-0.15, -0.1) is 13.2 Å². The highest BCUT2D eigenvalue weighted by Crippen LogP contribution is 2.25. The molecular weight excluding hydrogens is 377 g/mol. The van der Waals surface area contributed by atoms with Crippen molar-refractivity contribution < 1.29 is 31.9 Å². The summed E-state index contributed by atoms with van der Waals surface area (Å²) in [4.78, 5) is 24.0. The molecule has 0 bridgehead atoms. The highest BCUT2D eigenvalue weighted by molar-refractivity contribution is 5.90. The molecule has 0 N–H and O–H groups in total. The van der Waals surface area contributed by atoms with Crippen LogP contribution < -0.4 is 10.4 Å². The molecule has 146 valence electrons. The Labute approximate surface area is 157 Å². The third kappa shape index (κ3) is 4.33. The summed E-state index contributed by atoms with van der Waals surface area (Å²) in [7, 11) is 0. The fourth-order valence-corrected chi connectivity index (χ4v) is 2.66. The first-order valence-electron chi connectivity index (χ1n) is 8.20. The van der Waals surface area contributed by atoms with Crippen molar-refractivity contribution >= 4 is 16.9 Å². The number of alkyl halides is 3. The smallest absolute Gasteiger partial charge is 0.457 e. The number of rotatable bonds is 4. The number of hydrogen-bond donors (Lipinski definition) is 0. The fraction of sp³-hybridized carbons (Fsp3) is 0.200. The average Bonchev–Trinajstić information content (AvgIpc) is 2.62. The number of carbonyl (C=O) groups excluding carboxylic acids is 1. The Morgan fingerprint density at radius 1 is 1.07 bits per heavy atom. The molecule has 1 aromatic heterocycles. The van der Waals surface area contributed by atoms with Crippen LogP contribution in [0.4, 0.5) is 13.2 Å². The Balaban J connectivity index is 1.78. The average molecular weight is 392 g/mol. The standard InChI is InChI=1S/C20H15F3O5/c1-11-3-8-16-14(9-17(24)27-18(16)12(11)2)10-26-19(25)13-4-6-15(7-5-13)28-20(21,22)23/h3-9H,10H2,1-2H3. The monoisotopic (exact) mass is 392 g/mol. The van der Waals surface area contributed by atoms with E-state index in [1.165, 1.54) is 6.07 Å². The van der Waals surface area contributed by atoms with Gasteiger partial charge in [0.05, 0.1) is 5.56 Å². The van der Waals surface area contributed by atoms with Crippen LogP contribution in [0.3, 0.4) is 0 Å². The van der Waals surface area contributed by atoms with Crippen molar-refractivity contribution in [2.75, 3.05) is 0 Å². The van der Waals surface area contributed by atoms with Gasteiger partial charge in [0.2, 0.25) is 0 Å². The van der Waals surface area contributed by atoms with Crippen LogP contribution in [-0.2, 0) is 11.3 Å². The maximum atomic E-state index is 12.2. The van der Waals surface area contributed by atoms with Crippen molar-refractivity contribution in [3.05, 3.63) is 75.1 Å². The van der Waals surface area contributed by atoms with Crippen molar-refractivity contribution in [1.29, 1.82) is 0 Å². The van der Waals surface area contributed by atoms with Gasteiger partial charge in [0, 0.05) is 17.0 Å². The molecule has 5 nitrogen and oxygen atoms in total. The molecule has 0 saturated heterocycles. The summed E-state index contributed by atoms with van der Waals surface area (Å²) in [5, 5.41) is 0.643. The molecule has 0 amide bonds. The molecule has 0 radical (unpaired) electrons. The number of carbonyl (C=O) groups is 1. The van der Waals surface area contributed by atoms with Crippen LogP contribution in [0.2, 0.25) is 0 Å². The number of esters is 1. The summed E-state index contributed by atoms with van der Waals surface area (Å²) < 4.78 is 50.7. The van der Waals surface area contributed by atoms with Gasteiger partial charge in [-0.3, -0.25) is 0 Å². The zero-order valence-corrected chi connectivity index (χ0v) is 14.9. The van der Waals surface area contributed by atoms with E-state index in [2.05, 4.69) is 4.74 Å². The van der Waals surface area contributed by atoms with E-state index in [9.17, 15) is 22.8 Å². The van der Waals surface area contributed by atoms with E-state index >= 15 is 0 Å². The van der Waals surface area contributed by atoms with Crippen LogP contribution in [0.15, 0.2) is 51.7 Å². The van der Waals surface area contributed by atoms with Gasteiger partial charge < -0.3 is 13.9 Å². The number of aryl methyl sites for hydroxylation is 2. The third-order valence-corrected chi connectivity index (χ3v) is 4.20. The SMILES string of the molecule is Cc1ccc2c(COC(=O)c3ccc(OC(F)(F)F)cc3)cc(=O)oc2c1C. The van der Waals surface area contributed by atoms with Crippen LogP contribution in [0.25, 0.3) is 11.0 Å². The fourth-order valence-electron chi connectivity index (χ4n) is 2.66. The molecule has 3 rings (SSSR count). The molecule has 0 unspecified atom stereocenters. The van der Waals surface area contributed by atoms with Crippen molar-refractivity contribution in [3.8, 4) is 5.75 Å². The van der Waals surface area contributed by atoms with Gasteiger partial charge in [-0.1, -0.05) is 12.1 Å². The van der Waals surface area contributed by atoms with E-state index < -0.39 is 23.7 Å². The van der Waals surface area contributed by atoms with Crippen LogP contribution in [0, 0.1) is 13.8 Å². The van der Waals surface area contributed by atoms with E-state index in [-0.39, 0.29) is 12.2 Å². The second kappa shape index (κ2) is 7.38. The molecule has 0 spiro atoms. The Bertz CT molecular complexity index is 1080. The van der Waals surface area contributed by atoms with E-state index in [1.807, 2.05) is 19.9 Å². The Kier molecular flexibility index (Phi) is 5.13. The van der Waals surface area contributed by atoms with Gasteiger partial charge in [0.1, 0.15) is 17.9 Å². The zero-order valence-electron chi connectivity index (χ0n) is 14.9. The summed E-state index contributed by atoms with van der Waals surface area (Å²) in [5.74, 6) is -1.19. The number of ether oxygens (including phenoxy) is 2. The van der Waals surface area contributed by atoms with Gasteiger partial charge in [0.15, 0.2) is 0 Å². The lowest BCUT2D eigenvalue weighted by Crippen LogP contribution is -2.17. The highest BCUT2D eigenvalue weighted by atomic mass is 19.4. The van der Waals surface area contributed by atoms with Gasteiger partial charge in [-0.05, 0) is 49.2 Å². The predicted octanol–water partition coefficient (Wildman–Crippen LogP) is 4.67. The normalized spacial score (nSPS) is 11.5. The number of hydrogen-bond acceptors (Lipinski definition) is 5. The molecule has 0 fully saturated rings. The highest BCUT2D eigenvalue weighted by Gasteiger charge is 2.31. The zero-order chi connectivity index (χ0) is 20.5. The first kappa shape index (κ1) is 19.5. The molecule has 1 heterocycles. The summed E-state index contributed by atoms with van der Waals surface area (Å²) in [6.45, 7) is 3.51. The van der Waals surface area contributed by atoms with Crippen molar-refractivity contribution in [1.82, 2.24) is 0 Å². The molecular formula is C20H15F3O5. The molecule has 2 aromatic carbocycles. The molecule has 0 saturated carbocycles. The van der Waals surface area contributed by atoms with Gasteiger partial charge in [-0.25, -0.2) is 9.59 Å². The summed E-state index contributed by atoms with van der Waals surface area (Å²) in [5.41, 5.74) is 2.13. The van der Waals surface area contributed by atoms with E-state index in [0.29, 0.717) is 16.5 Å². The first-order chi connectivity index (χ1) is 13.1. The lowest BCUT2D eigenvalue weighted by atomic mass is 10.0. The maximum Gasteiger partial charge on any atom is 0.573 e. The van der Waals surface area contributed by atoms with Crippen LogP contribution in [-0.4, -0.2) is 12.3 Å².